The minimum atomic E-state index is -5.08. The zero-order valence-electron chi connectivity index (χ0n) is 23.6. The van der Waals surface area contributed by atoms with Gasteiger partial charge in [-0.3, -0.25) is 14.4 Å². The van der Waals surface area contributed by atoms with Crippen molar-refractivity contribution >= 4 is 17.7 Å². The SMILES string of the molecule is CC(=O)N1CCC(C(=O)N2CC[C@@H](N(C)C(=O)c3cc(C(F)(F)F)cc(C(F)(F)F)c3)[C@H](c3ccc(C)cc3)C2)CC1. The van der Waals surface area contributed by atoms with Crippen molar-refractivity contribution in [1.82, 2.24) is 14.7 Å². The number of rotatable bonds is 4. The Morgan fingerprint density at radius 2 is 1.33 bits per heavy atom. The van der Waals surface area contributed by atoms with E-state index >= 15 is 0 Å². The van der Waals surface area contributed by atoms with Gasteiger partial charge in [-0.15, -0.1) is 0 Å². The van der Waals surface area contributed by atoms with Crippen LogP contribution in [0.4, 0.5) is 26.3 Å². The molecule has 0 N–H and O–H groups in total. The number of hydrogen-bond donors (Lipinski definition) is 0. The number of alkyl halides is 6. The Labute approximate surface area is 240 Å². The fourth-order valence-corrected chi connectivity index (χ4v) is 5.88. The predicted octanol–water partition coefficient (Wildman–Crippen LogP) is 5.75. The Morgan fingerprint density at radius 3 is 1.83 bits per heavy atom. The average Bonchev–Trinajstić information content (AvgIpc) is 2.95. The van der Waals surface area contributed by atoms with Crippen LogP contribution in [-0.2, 0) is 21.9 Å². The van der Waals surface area contributed by atoms with Gasteiger partial charge in [-0.2, -0.15) is 26.3 Å². The highest BCUT2D eigenvalue weighted by Crippen LogP contribution is 2.38. The molecule has 0 bridgehead atoms. The van der Waals surface area contributed by atoms with Gasteiger partial charge >= 0.3 is 12.4 Å². The van der Waals surface area contributed by atoms with Gasteiger partial charge < -0.3 is 14.7 Å². The zero-order chi connectivity index (χ0) is 31.0. The molecular weight excluding hydrogens is 564 g/mol. The van der Waals surface area contributed by atoms with Crippen LogP contribution in [0.1, 0.15) is 64.7 Å². The topological polar surface area (TPSA) is 60.9 Å². The van der Waals surface area contributed by atoms with Crippen LogP contribution in [0.2, 0.25) is 0 Å². The first kappa shape index (κ1) is 31.4. The summed E-state index contributed by atoms with van der Waals surface area (Å²) < 4.78 is 80.7. The lowest BCUT2D eigenvalue weighted by atomic mass is 9.83. The first-order valence-electron chi connectivity index (χ1n) is 13.7. The number of nitrogens with zero attached hydrogens (tertiary/aromatic N) is 3. The number of piperidine rings is 2. The number of amides is 3. The number of aryl methyl sites for hydroxylation is 1. The minimum absolute atomic E-state index is 0.00310. The van der Waals surface area contributed by atoms with E-state index < -0.39 is 46.9 Å². The van der Waals surface area contributed by atoms with Crippen molar-refractivity contribution in [3.63, 3.8) is 0 Å². The summed E-state index contributed by atoms with van der Waals surface area (Å²) in [6, 6.07) is 7.75. The lowest BCUT2D eigenvalue weighted by Gasteiger charge is -2.44. The fraction of sp³-hybridized carbons (Fsp3) is 0.500. The molecule has 3 amide bonds. The molecule has 2 saturated heterocycles. The van der Waals surface area contributed by atoms with E-state index in [9.17, 15) is 40.7 Å². The van der Waals surface area contributed by atoms with Crippen LogP contribution >= 0.6 is 0 Å². The average molecular weight is 598 g/mol. The van der Waals surface area contributed by atoms with Crippen LogP contribution in [0.15, 0.2) is 42.5 Å². The summed E-state index contributed by atoms with van der Waals surface area (Å²) in [6.45, 7) is 4.85. The second-order valence-corrected chi connectivity index (χ2v) is 11.1. The van der Waals surface area contributed by atoms with Gasteiger partial charge in [0.15, 0.2) is 0 Å². The summed E-state index contributed by atoms with van der Waals surface area (Å²) in [5, 5.41) is 0. The number of likely N-dealkylation sites (tertiary alicyclic amines) is 2. The van der Waals surface area contributed by atoms with Gasteiger partial charge in [0.1, 0.15) is 0 Å². The van der Waals surface area contributed by atoms with E-state index in [0.717, 1.165) is 11.1 Å². The molecular formula is C30H33F6N3O3. The molecule has 2 heterocycles. The van der Waals surface area contributed by atoms with Crippen LogP contribution < -0.4 is 0 Å². The first-order valence-corrected chi connectivity index (χ1v) is 13.7. The van der Waals surface area contributed by atoms with Crippen molar-refractivity contribution in [2.75, 3.05) is 33.2 Å². The summed E-state index contributed by atoms with van der Waals surface area (Å²) in [4.78, 5) is 43.2. The van der Waals surface area contributed by atoms with E-state index in [0.29, 0.717) is 38.1 Å². The van der Waals surface area contributed by atoms with E-state index in [2.05, 4.69) is 0 Å². The lowest BCUT2D eigenvalue weighted by Crippen LogP contribution is -2.53. The van der Waals surface area contributed by atoms with Crippen molar-refractivity contribution in [3.05, 3.63) is 70.3 Å². The van der Waals surface area contributed by atoms with E-state index in [4.69, 9.17) is 0 Å². The van der Waals surface area contributed by atoms with Crippen molar-refractivity contribution in [3.8, 4) is 0 Å². The molecule has 0 spiro atoms. The predicted molar refractivity (Wildman–Crippen MR) is 142 cm³/mol. The molecule has 12 heteroatoms. The fourth-order valence-electron chi connectivity index (χ4n) is 5.88. The summed E-state index contributed by atoms with van der Waals surface area (Å²) in [5.74, 6) is -1.76. The number of carbonyl (C=O) groups excluding carboxylic acids is 3. The lowest BCUT2D eigenvalue weighted by molar-refractivity contribution is -0.143. The van der Waals surface area contributed by atoms with Crippen molar-refractivity contribution in [2.45, 2.75) is 57.4 Å². The molecule has 0 unspecified atom stereocenters. The number of halogens is 6. The first-order chi connectivity index (χ1) is 19.6. The van der Waals surface area contributed by atoms with E-state index in [1.807, 2.05) is 31.2 Å². The number of hydrogen-bond acceptors (Lipinski definition) is 3. The van der Waals surface area contributed by atoms with Crippen molar-refractivity contribution in [1.29, 1.82) is 0 Å². The number of benzene rings is 2. The van der Waals surface area contributed by atoms with E-state index in [1.54, 1.807) is 9.80 Å². The van der Waals surface area contributed by atoms with Gasteiger partial charge in [-0.25, -0.2) is 0 Å². The maximum absolute atomic E-state index is 13.5. The van der Waals surface area contributed by atoms with Gasteiger partial charge in [-0.1, -0.05) is 29.8 Å². The maximum Gasteiger partial charge on any atom is 0.416 e. The van der Waals surface area contributed by atoms with E-state index in [1.165, 1.54) is 18.9 Å². The third kappa shape index (κ3) is 6.90. The zero-order valence-corrected chi connectivity index (χ0v) is 23.6. The molecule has 2 fully saturated rings. The summed E-state index contributed by atoms with van der Waals surface area (Å²) >= 11 is 0. The highest BCUT2D eigenvalue weighted by atomic mass is 19.4. The molecule has 2 aliphatic rings. The molecule has 4 rings (SSSR count). The molecule has 2 atom stereocenters. The highest BCUT2D eigenvalue weighted by Gasteiger charge is 2.41. The second kappa shape index (κ2) is 12.0. The third-order valence-electron chi connectivity index (χ3n) is 8.34. The summed E-state index contributed by atoms with van der Waals surface area (Å²) in [5.41, 5.74) is -2.04. The normalized spacial score (nSPS) is 20.4. The Bertz CT molecular complexity index is 1280. The largest absolute Gasteiger partial charge is 0.416 e. The molecule has 228 valence electrons. The van der Waals surface area contributed by atoms with Crippen molar-refractivity contribution in [2.24, 2.45) is 5.92 Å². The second-order valence-electron chi connectivity index (χ2n) is 11.1. The van der Waals surface area contributed by atoms with Gasteiger partial charge in [0.05, 0.1) is 11.1 Å². The van der Waals surface area contributed by atoms with E-state index in [-0.39, 0.29) is 43.3 Å². The quantitative estimate of drug-likeness (QED) is 0.422. The molecule has 0 saturated carbocycles. The molecule has 2 aliphatic heterocycles. The van der Waals surface area contributed by atoms with Crippen LogP contribution in [0.3, 0.4) is 0 Å². The van der Waals surface area contributed by atoms with Crippen LogP contribution in [0, 0.1) is 12.8 Å². The van der Waals surface area contributed by atoms with Gasteiger partial charge in [0, 0.05) is 63.6 Å². The van der Waals surface area contributed by atoms with Crippen molar-refractivity contribution < 1.29 is 40.7 Å². The van der Waals surface area contributed by atoms with Crippen LogP contribution in [0.5, 0.6) is 0 Å². The highest BCUT2D eigenvalue weighted by molar-refractivity contribution is 5.95. The van der Waals surface area contributed by atoms with Crippen LogP contribution in [0.25, 0.3) is 0 Å². The maximum atomic E-state index is 13.5. The summed E-state index contributed by atoms with van der Waals surface area (Å²) in [7, 11) is 1.37. The molecule has 2 aromatic carbocycles. The Balaban J connectivity index is 1.61. The smallest absolute Gasteiger partial charge is 0.343 e. The standard InChI is InChI=1S/C30H33F6N3O3/c1-18-4-6-20(7-5-18)25-17-39(28(42)21-8-11-38(12-9-21)19(2)40)13-10-26(25)37(3)27(41)22-14-23(29(31,32)33)16-24(15-22)30(34,35)36/h4-7,14-16,21,25-26H,8-13,17H2,1-3H3/t25-,26+/m0/s1. The van der Waals surface area contributed by atoms with Gasteiger partial charge in [0.2, 0.25) is 11.8 Å². The van der Waals surface area contributed by atoms with Gasteiger partial charge in [-0.05, 0) is 49.9 Å². The van der Waals surface area contributed by atoms with Crippen LogP contribution in [-0.4, -0.2) is 71.7 Å². The number of carbonyl (C=O) groups is 3. The molecule has 0 aliphatic carbocycles. The Morgan fingerprint density at radius 1 is 0.810 bits per heavy atom. The molecule has 2 aromatic rings. The van der Waals surface area contributed by atoms with Gasteiger partial charge in [0.25, 0.3) is 5.91 Å². The molecule has 0 radical (unpaired) electrons. The third-order valence-corrected chi connectivity index (χ3v) is 8.34. The number of likely N-dealkylation sites (N-methyl/N-ethyl adjacent to an activating group) is 1. The monoisotopic (exact) mass is 597 g/mol. The Kier molecular flexibility index (Phi) is 8.94. The molecule has 0 aromatic heterocycles. The Hall–Kier alpha value is -3.57. The summed E-state index contributed by atoms with van der Waals surface area (Å²) in [6.07, 6.45) is -8.81. The molecule has 42 heavy (non-hydrogen) atoms. The minimum Gasteiger partial charge on any atom is -0.343 e. The molecule has 6 nitrogen and oxygen atoms in total.